The summed E-state index contributed by atoms with van der Waals surface area (Å²) in [6, 6.07) is 10.4. The minimum atomic E-state index is -0.498. The van der Waals surface area contributed by atoms with Crippen LogP contribution in [0.25, 0.3) is 6.08 Å². The molecule has 0 saturated carbocycles. The fourth-order valence-corrected chi connectivity index (χ4v) is 2.72. The van der Waals surface area contributed by atoms with Gasteiger partial charge in [-0.25, -0.2) is 0 Å². The molecule has 0 aliphatic carbocycles. The Balaban J connectivity index is 2.47. The molecule has 0 aromatic heterocycles. The highest BCUT2D eigenvalue weighted by molar-refractivity contribution is 6.30. The lowest BCUT2D eigenvalue weighted by Crippen LogP contribution is -2.10. The summed E-state index contributed by atoms with van der Waals surface area (Å²) in [4.78, 5) is 24.5. The summed E-state index contributed by atoms with van der Waals surface area (Å²) >= 11 is 5.88. The molecule has 0 aliphatic rings. The van der Waals surface area contributed by atoms with Crippen molar-refractivity contribution in [3.05, 3.63) is 75.8 Å². The topological polar surface area (TPSA) is 52.6 Å². The van der Waals surface area contributed by atoms with Crippen molar-refractivity contribution in [2.24, 2.45) is 0 Å². The maximum atomic E-state index is 12.8. The van der Waals surface area contributed by atoms with E-state index >= 15 is 0 Å². The average Bonchev–Trinajstić information content (AvgIpc) is 2.65. The Labute approximate surface area is 170 Å². The van der Waals surface area contributed by atoms with Gasteiger partial charge >= 0.3 is 5.97 Å². The molecule has 0 atom stereocenters. The SMILES string of the molecule is COc1ccc(C(=O)/C=C/c2ccc(Cl)cc2)c(OC(C)=O)c1CC=C(C)C. The summed E-state index contributed by atoms with van der Waals surface area (Å²) in [6.45, 7) is 5.26. The number of rotatable bonds is 7. The van der Waals surface area contributed by atoms with E-state index < -0.39 is 5.97 Å². The van der Waals surface area contributed by atoms with Crippen molar-refractivity contribution in [1.82, 2.24) is 0 Å². The van der Waals surface area contributed by atoms with Gasteiger partial charge in [0.15, 0.2) is 5.78 Å². The predicted octanol–water partition coefficient (Wildman–Crippen LogP) is 5.68. The van der Waals surface area contributed by atoms with Gasteiger partial charge in [-0.2, -0.15) is 0 Å². The molecule has 28 heavy (non-hydrogen) atoms. The van der Waals surface area contributed by atoms with Crippen molar-refractivity contribution in [1.29, 1.82) is 0 Å². The zero-order chi connectivity index (χ0) is 20.7. The third kappa shape index (κ3) is 5.83. The van der Waals surface area contributed by atoms with Crippen molar-refractivity contribution in [2.75, 3.05) is 7.11 Å². The molecule has 0 bridgehead atoms. The van der Waals surface area contributed by atoms with Crippen LogP contribution < -0.4 is 9.47 Å². The van der Waals surface area contributed by atoms with Crippen LogP contribution in [0, 0.1) is 0 Å². The van der Waals surface area contributed by atoms with Gasteiger partial charge in [0.05, 0.1) is 12.7 Å². The Morgan fingerprint density at radius 2 is 1.71 bits per heavy atom. The fraction of sp³-hybridized carbons (Fsp3) is 0.217. The highest BCUT2D eigenvalue weighted by Crippen LogP contribution is 2.34. The number of hydrogen-bond acceptors (Lipinski definition) is 4. The van der Waals surface area contributed by atoms with Crippen LogP contribution in [0.1, 0.15) is 42.3 Å². The number of allylic oxidation sites excluding steroid dienone is 3. The Morgan fingerprint density at radius 1 is 1.04 bits per heavy atom. The zero-order valence-corrected chi connectivity index (χ0v) is 17.2. The van der Waals surface area contributed by atoms with Crippen LogP contribution in [0.2, 0.25) is 5.02 Å². The van der Waals surface area contributed by atoms with Crippen LogP contribution in [0.5, 0.6) is 11.5 Å². The van der Waals surface area contributed by atoms with Gasteiger partial charge in [0.25, 0.3) is 0 Å². The molecule has 2 aromatic carbocycles. The molecule has 0 unspecified atom stereocenters. The molecule has 0 radical (unpaired) electrons. The van der Waals surface area contributed by atoms with Crippen LogP contribution in [-0.2, 0) is 11.2 Å². The number of ketones is 1. The largest absolute Gasteiger partial charge is 0.496 e. The molecule has 0 saturated heterocycles. The van der Waals surface area contributed by atoms with E-state index in [4.69, 9.17) is 21.1 Å². The summed E-state index contributed by atoms with van der Waals surface area (Å²) < 4.78 is 10.8. The van der Waals surface area contributed by atoms with Crippen LogP contribution >= 0.6 is 11.6 Å². The normalized spacial score (nSPS) is 10.6. The third-order valence-corrected chi connectivity index (χ3v) is 4.21. The van der Waals surface area contributed by atoms with E-state index in [-0.39, 0.29) is 11.5 Å². The molecule has 0 N–H and O–H groups in total. The summed E-state index contributed by atoms with van der Waals surface area (Å²) in [5.74, 6) is 0.0248. The summed E-state index contributed by atoms with van der Waals surface area (Å²) in [7, 11) is 1.54. The Hall–Kier alpha value is -2.85. The first-order chi connectivity index (χ1) is 13.3. The van der Waals surface area contributed by atoms with E-state index in [1.54, 1.807) is 37.5 Å². The zero-order valence-electron chi connectivity index (χ0n) is 16.4. The molecule has 0 fully saturated rings. The van der Waals surface area contributed by atoms with Gasteiger partial charge in [0.2, 0.25) is 0 Å². The van der Waals surface area contributed by atoms with E-state index in [1.807, 2.05) is 32.1 Å². The lowest BCUT2D eigenvalue weighted by atomic mass is 10.00. The minimum Gasteiger partial charge on any atom is -0.496 e. The number of halogens is 1. The summed E-state index contributed by atoms with van der Waals surface area (Å²) in [6.07, 6.45) is 5.61. The number of esters is 1. The Morgan fingerprint density at radius 3 is 2.29 bits per heavy atom. The number of methoxy groups -OCH3 is 1. The van der Waals surface area contributed by atoms with Gasteiger partial charge in [0.1, 0.15) is 11.5 Å². The van der Waals surface area contributed by atoms with Crippen LogP contribution in [0.4, 0.5) is 0 Å². The molecule has 0 heterocycles. The number of benzene rings is 2. The van der Waals surface area contributed by atoms with Gasteiger partial charge < -0.3 is 9.47 Å². The second-order valence-corrected chi connectivity index (χ2v) is 6.89. The van der Waals surface area contributed by atoms with Gasteiger partial charge in [-0.15, -0.1) is 0 Å². The minimum absolute atomic E-state index is 0.232. The van der Waals surface area contributed by atoms with E-state index in [2.05, 4.69) is 0 Å². The summed E-state index contributed by atoms with van der Waals surface area (Å²) in [5.41, 5.74) is 2.91. The van der Waals surface area contributed by atoms with Crippen molar-refractivity contribution < 1.29 is 19.1 Å². The highest BCUT2D eigenvalue weighted by Gasteiger charge is 2.20. The van der Waals surface area contributed by atoms with Gasteiger partial charge in [-0.1, -0.05) is 41.5 Å². The van der Waals surface area contributed by atoms with Crippen LogP contribution in [0.15, 0.2) is 54.1 Å². The quantitative estimate of drug-likeness (QED) is 0.198. The Kier molecular flexibility index (Phi) is 7.59. The van der Waals surface area contributed by atoms with Crippen molar-refractivity contribution >= 4 is 29.4 Å². The number of carbonyl (C=O) groups excluding carboxylic acids is 2. The third-order valence-electron chi connectivity index (χ3n) is 3.96. The maximum Gasteiger partial charge on any atom is 0.308 e. The molecular weight excluding hydrogens is 376 g/mol. The lowest BCUT2D eigenvalue weighted by molar-refractivity contribution is -0.131. The molecule has 146 valence electrons. The lowest BCUT2D eigenvalue weighted by Gasteiger charge is -2.15. The fourth-order valence-electron chi connectivity index (χ4n) is 2.59. The van der Waals surface area contributed by atoms with E-state index in [1.165, 1.54) is 13.0 Å². The second kappa shape index (κ2) is 9.90. The molecule has 0 spiro atoms. The average molecular weight is 399 g/mol. The summed E-state index contributed by atoms with van der Waals surface area (Å²) in [5, 5.41) is 0.625. The first-order valence-electron chi connectivity index (χ1n) is 8.81. The van der Waals surface area contributed by atoms with Gasteiger partial charge in [-0.3, -0.25) is 9.59 Å². The monoisotopic (exact) mass is 398 g/mol. The van der Waals surface area contributed by atoms with E-state index in [0.717, 1.165) is 11.1 Å². The molecule has 5 heteroatoms. The van der Waals surface area contributed by atoms with Crippen molar-refractivity contribution in [3.63, 3.8) is 0 Å². The standard InChI is InChI=1S/C23H23ClO4/c1-15(2)5-11-20-22(27-4)14-12-19(23(20)28-16(3)25)21(26)13-8-17-6-9-18(24)10-7-17/h5-10,12-14H,11H2,1-4H3/b13-8+. The van der Waals surface area contributed by atoms with E-state index in [0.29, 0.717) is 28.3 Å². The number of carbonyl (C=O) groups is 2. The van der Waals surface area contributed by atoms with Crippen LogP contribution in [-0.4, -0.2) is 18.9 Å². The molecule has 2 aromatic rings. The maximum absolute atomic E-state index is 12.8. The molecular formula is C23H23ClO4. The molecule has 0 aliphatic heterocycles. The van der Waals surface area contributed by atoms with Gasteiger partial charge in [0, 0.05) is 17.5 Å². The second-order valence-electron chi connectivity index (χ2n) is 6.45. The first-order valence-corrected chi connectivity index (χ1v) is 9.19. The van der Waals surface area contributed by atoms with Crippen molar-refractivity contribution in [3.8, 4) is 11.5 Å². The van der Waals surface area contributed by atoms with Gasteiger partial charge in [-0.05, 0) is 56.2 Å². The van der Waals surface area contributed by atoms with Crippen LogP contribution in [0.3, 0.4) is 0 Å². The first kappa shape index (κ1) is 21.5. The molecule has 4 nitrogen and oxygen atoms in total. The molecule has 0 amide bonds. The highest BCUT2D eigenvalue weighted by atomic mass is 35.5. The van der Waals surface area contributed by atoms with Crippen molar-refractivity contribution in [2.45, 2.75) is 27.2 Å². The number of hydrogen-bond donors (Lipinski definition) is 0. The Bertz CT molecular complexity index is 920. The van der Waals surface area contributed by atoms with E-state index in [9.17, 15) is 9.59 Å². The predicted molar refractivity (Wildman–Crippen MR) is 112 cm³/mol. The molecule has 2 rings (SSSR count). The number of ether oxygens (including phenoxy) is 2. The smallest absolute Gasteiger partial charge is 0.308 e.